The first-order chi connectivity index (χ1) is 7.51. The van der Waals surface area contributed by atoms with Crippen molar-refractivity contribution in [3.05, 3.63) is 12.4 Å². The van der Waals surface area contributed by atoms with Gasteiger partial charge in [-0.15, -0.1) is 0 Å². The van der Waals surface area contributed by atoms with Crippen LogP contribution in [0.4, 0.5) is 0 Å². The van der Waals surface area contributed by atoms with Crippen LogP contribution in [0.5, 0.6) is 0 Å². The van der Waals surface area contributed by atoms with Crippen molar-refractivity contribution in [3.8, 4) is 0 Å². The molecule has 7 heteroatoms. The van der Waals surface area contributed by atoms with Crippen LogP contribution < -0.4 is 5.32 Å². The molecule has 2 heterocycles. The van der Waals surface area contributed by atoms with Gasteiger partial charge >= 0.3 is 0 Å². The molecule has 1 fully saturated rings. The predicted molar refractivity (Wildman–Crippen MR) is 59.4 cm³/mol. The Labute approximate surface area is 95.1 Å². The van der Waals surface area contributed by atoms with Gasteiger partial charge in [0, 0.05) is 31.4 Å². The van der Waals surface area contributed by atoms with Crippen LogP contribution in [0.3, 0.4) is 0 Å². The Morgan fingerprint density at radius 3 is 2.88 bits per heavy atom. The van der Waals surface area contributed by atoms with E-state index in [0.29, 0.717) is 13.1 Å². The minimum atomic E-state index is -3.40. The van der Waals surface area contributed by atoms with Crippen LogP contribution in [0, 0.1) is 0 Å². The van der Waals surface area contributed by atoms with Crippen LogP contribution >= 0.6 is 0 Å². The second-order valence-corrected chi connectivity index (χ2v) is 6.06. The number of H-pyrrole nitrogens is 1. The average molecular weight is 244 g/mol. The number of nitrogens with zero attached hydrogens (tertiary/aromatic N) is 2. The molecular formula is C9H16N4O2S. The topological polar surface area (TPSA) is 78.1 Å². The maximum absolute atomic E-state index is 12.2. The lowest BCUT2D eigenvalue weighted by Crippen LogP contribution is -2.56. The second-order valence-electron chi connectivity index (χ2n) is 4.17. The third-order valence-corrected chi connectivity index (χ3v) is 4.73. The first-order valence-corrected chi connectivity index (χ1v) is 6.70. The zero-order valence-corrected chi connectivity index (χ0v) is 10.2. The molecule has 1 aromatic heterocycles. The van der Waals surface area contributed by atoms with Crippen molar-refractivity contribution in [2.75, 3.05) is 13.1 Å². The van der Waals surface area contributed by atoms with E-state index in [-0.39, 0.29) is 17.0 Å². The molecule has 0 amide bonds. The van der Waals surface area contributed by atoms with Gasteiger partial charge in [-0.25, -0.2) is 8.42 Å². The van der Waals surface area contributed by atoms with Crippen molar-refractivity contribution >= 4 is 10.0 Å². The lowest BCUT2D eigenvalue weighted by Gasteiger charge is -2.36. The third kappa shape index (κ3) is 1.98. The summed E-state index contributed by atoms with van der Waals surface area (Å²) in [7, 11) is -3.40. The Morgan fingerprint density at radius 1 is 1.50 bits per heavy atom. The van der Waals surface area contributed by atoms with Crippen LogP contribution in [0.25, 0.3) is 0 Å². The molecule has 0 aromatic carbocycles. The van der Waals surface area contributed by atoms with Crippen LogP contribution in [-0.4, -0.2) is 48.1 Å². The summed E-state index contributed by atoms with van der Waals surface area (Å²) in [6.07, 6.45) is 2.75. The number of hydrogen-bond donors (Lipinski definition) is 2. The highest BCUT2D eigenvalue weighted by molar-refractivity contribution is 7.89. The van der Waals surface area contributed by atoms with Crippen molar-refractivity contribution in [2.24, 2.45) is 0 Å². The summed E-state index contributed by atoms with van der Waals surface area (Å²) in [6, 6.07) is 0.147. The molecule has 0 bridgehead atoms. The third-order valence-electron chi connectivity index (χ3n) is 2.79. The molecule has 1 aliphatic rings. The molecule has 2 rings (SSSR count). The number of hydrogen-bond acceptors (Lipinski definition) is 4. The van der Waals surface area contributed by atoms with E-state index in [1.165, 1.54) is 16.7 Å². The lowest BCUT2D eigenvalue weighted by atomic mass is 10.2. The van der Waals surface area contributed by atoms with Gasteiger partial charge in [-0.2, -0.15) is 9.40 Å². The highest BCUT2D eigenvalue weighted by Gasteiger charge is 2.33. The monoisotopic (exact) mass is 244 g/mol. The van der Waals surface area contributed by atoms with E-state index < -0.39 is 10.0 Å². The van der Waals surface area contributed by atoms with Crippen LogP contribution in [-0.2, 0) is 10.0 Å². The number of piperazine rings is 1. The van der Waals surface area contributed by atoms with Gasteiger partial charge < -0.3 is 5.32 Å². The van der Waals surface area contributed by atoms with Gasteiger partial charge in [0.25, 0.3) is 0 Å². The summed E-state index contributed by atoms with van der Waals surface area (Å²) in [5.41, 5.74) is 0. The molecule has 1 saturated heterocycles. The van der Waals surface area contributed by atoms with Gasteiger partial charge in [-0.05, 0) is 13.8 Å². The van der Waals surface area contributed by atoms with Gasteiger partial charge in [0.2, 0.25) is 10.0 Å². The standard InChI is InChI=1S/C9H16N4O2S/c1-7-6-13(8(2)3-10-7)16(14,15)9-4-11-12-5-9/h4-5,7-8,10H,3,6H2,1-2H3,(H,11,12). The molecule has 1 aliphatic heterocycles. The SMILES string of the molecule is CC1CN(S(=O)(=O)c2cn[nH]c2)C(C)CN1. The first-order valence-electron chi connectivity index (χ1n) is 5.26. The summed E-state index contributed by atoms with van der Waals surface area (Å²) >= 11 is 0. The fourth-order valence-electron chi connectivity index (χ4n) is 1.84. The van der Waals surface area contributed by atoms with E-state index in [1.807, 2.05) is 13.8 Å². The van der Waals surface area contributed by atoms with E-state index in [1.54, 1.807) is 0 Å². The van der Waals surface area contributed by atoms with Gasteiger partial charge in [-0.1, -0.05) is 0 Å². The molecule has 2 atom stereocenters. The second kappa shape index (κ2) is 4.15. The maximum Gasteiger partial charge on any atom is 0.246 e. The summed E-state index contributed by atoms with van der Waals surface area (Å²) in [5, 5.41) is 9.46. The minimum Gasteiger partial charge on any atom is -0.311 e. The van der Waals surface area contributed by atoms with E-state index >= 15 is 0 Å². The quantitative estimate of drug-likeness (QED) is 0.754. The average Bonchev–Trinajstić information content (AvgIpc) is 2.75. The van der Waals surface area contributed by atoms with Gasteiger partial charge in [0.1, 0.15) is 4.90 Å². The van der Waals surface area contributed by atoms with Crippen molar-refractivity contribution in [3.63, 3.8) is 0 Å². The molecule has 16 heavy (non-hydrogen) atoms. The molecule has 0 radical (unpaired) electrons. The predicted octanol–water partition coefficient (Wildman–Crippen LogP) is -0.219. The van der Waals surface area contributed by atoms with Crippen LogP contribution in [0.15, 0.2) is 17.3 Å². The van der Waals surface area contributed by atoms with Gasteiger partial charge in [0.15, 0.2) is 0 Å². The van der Waals surface area contributed by atoms with Crippen molar-refractivity contribution in [1.29, 1.82) is 0 Å². The number of rotatable bonds is 2. The molecule has 2 N–H and O–H groups in total. The maximum atomic E-state index is 12.2. The Bertz CT molecular complexity index is 442. The molecule has 6 nitrogen and oxygen atoms in total. The van der Waals surface area contributed by atoms with E-state index in [2.05, 4.69) is 15.5 Å². The number of sulfonamides is 1. The number of aromatic amines is 1. The fourth-order valence-corrected chi connectivity index (χ4v) is 3.47. The zero-order valence-electron chi connectivity index (χ0n) is 9.34. The first kappa shape index (κ1) is 11.6. The summed E-state index contributed by atoms with van der Waals surface area (Å²) in [4.78, 5) is 0.230. The number of aromatic nitrogens is 2. The zero-order chi connectivity index (χ0) is 11.8. The fraction of sp³-hybridized carbons (Fsp3) is 0.667. The molecule has 0 aliphatic carbocycles. The highest BCUT2D eigenvalue weighted by atomic mass is 32.2. The summed E-state index contributed by atoms with van der Waals surface area (Å²) < 4.78 is 26.0. The Hall–Kier alpha value is -0.920. The Kier molecular flexibility index (Phi) is 3.00. The summed E-state index contributed by atoms with van der Waals surface area (Å²) in [5.74, 6) is 0. The van der Waals surface area contributed by atoms with Crippen molar-refractivity contribution < 1.29 is 8.42 Å². The van der Waals surface area contributed by atoms with Crippen molar-refractivity contribution in [1.82, 2.24) is 19.8 Å². The van der Waals surface area contributed by atoms with E-state index in [0.717, 1.165) is 0 Å². The number of nitrogens with one attached hydrogen (secondary N) is 2. The summed E-state index contributed by atoms with van der Waals surface area (Å²) in [6.45, 7) is 5.05. The van der Waals surface area contributed by atoms with E-state index in [4.69, 9.17) is 0 Å². The van der Waals surface area contributed by atoms with Crippen molar-refractivity contribution in [2.45, 2.75) is 30.8 Å². The molecule has 0 saturated carbocycles. The molecule has 90 valence electrons. The Balaban J connectivity index is 2.29. The van der Waals surface area contributed by atoms with Gasteiger partial charge in [0.05, 0.1) is 6.20 Å². The molecule has 2 unspecified atom stereocenters. The minimum absolute atomic E-state index is 0.0314. The van der Waals surface area contributed by atoms with Gasteiger partial charge in [-0.3, -0.25) is 5.10 Å². The van der Waals surface area contributed by atoms with Crippen LogP contribution in [0.1, 0.15) is 13.8 Å². The molecule has 0 spiro atoms. The van der Waals surface area contributed by atoms with E-state index in [9.17, 15) is 8.42 Å². The normalized spacial score (nSPS) is 28.1. The molecular weight excluding hydrogens is 228 g/mol. The largest absolute Gasteiger partial charge is 0.311 e. The Morgan fingerprint density at radius 2 is 2.25 bits per heavy atom. The van der Waals surface area contributed by atoms with Crippen LogP contribution in [0.2, 0.25) is 0 Å². The lowest BCUT2D eigenvalue weighted by molar-refractivity contribution is 0.244. The smallest absolute Gasteiger partial charge is 0.246 e. The molecule has 1 aromatic rings. The highest BCUT2D eigenvalue weighted by Crippen LogP contribution is 2.19.